The van der Waals surface area contributed by atoms with Crippen LogP contribution in [0.2, 0.25) is 0 Å². The first kappa shape index (κ1) is 10.6. The van der Waals surface area contributed by atoms with Crippen molar-refractivity contribution in [2.24, 2.45) is 17.6 Å². The van der Waals surface area contributed by atoms with E-state index in [4.69, 9.17) is 5.73 Å². The van der Waals surface area contributed by atoms with Crippen LogP contribution in [-0.4, -0.2) is 6.54 Å². The quantitative estimate of drug-likeness (QED) is 0.662. The van der Waals surface area contributed by atoms with Crippen molar-refractivity contribution < 1.29 is 0 Å². The molecule has 0 radical (unpaired) electrons. The normalized spacial score (nSPS) is 27.8. The zero-order valence-electron chi connectivity index (χ0n) is 8.68. The van der Waals surface area contributed by atoms with Gasteiger partial charge in [-0.05, 0) is 38.1 Å². The van der Waals surface area contributed by atoms with Gasteiger partial charge in [0, 0.05) is 6.42 Å². The van der Waals surface area contributed by atoms with Gasteiger partial charge in [-0.2, -0.15) is 0 Å². The molecule has 74 valence electrons. The maximum atomic E-state index is 5.76. The third-order valence-corrected chi connectivity index (χ3v) is 3.19. The minimum Gasteiger partial charge on any atom is -0.330 e. The van der Waals surface area contributed by atoms with E-state index in [1.54, 1.807) is 0 Å². The minimum absolute atomic E-state index is 0.785. The third-order valence-electron chi connectivity index (χ3n) is 3.19. The molecule has 1 aliphatic carbocycles. The van der Waals surface area contributed by atoms with Gasteiger partial charge in [0.2, 0.25) is 0 Å². The standard InChI is InChI=1S/C12H21N/c1-2-3-4-7-11-8-5-6-9-12(11)10-13/h11-12H,4-10,13H2,1H3. The van der Waals surface area contributed by atoms with Crippen molar-refractivity contribution in [1.29, 1.82) is 0 Å². The molecule has 2 N–H and O–H groups in total. The van der Waals surface area contributed by atoms with E-state index in [-0.39, 0.29) is 0 Å². The molecule has 1 fully saturated rings. The molecular weight excluding hydrogens is 158 g/mol. The van der Waals surface area contributed by atoms with E-state index in [1.807, 2.05) is 6.92 Å². The van der Waals surface area contributed by atoms with Gasteiger partial charge in [0.1, 0.15) is 0 Å². The van der Waals surface area contributed by atoms with Gasteiger partial charge in [-0.25, -0.2) is 0 Å². The summed E-state index contributed by atoms with van der Waals surface area (Å²) in [6.45, 7) is 2.80. The fourth-order valence-electron chi connectivity index (χ4n) is 2.36. The fourth-order valence-corrected chi connectivity index (χ4v) is 2.36. The van der Waals surface area contributed by atoms with Crippen LogP contribution in [0.25, 0.3) is 0 Å². The molecule has 0 spiro atoms. The number of nitrogens with two attached hydrogens (primary N) is 1. The van der Waals surface area contributed by atoms with E-state index in [9.17, 15) is 0 Å². The van der Waals surface area contributed by atoms with Gasteiger partial charge >= 0.3 is 0 Å². The zero-order chi connectivity index (χ0) is 9.52. The van der Waals surface area contributed by atoms with Crippen molar-refractivity contribution >= 4 is 0 Å². The van der Waals surface area contributed by atoms with Crippen molar-refractivity contribution in [3.63, 3.8) is 0 Å². The molecule has 1 aliphatic rings. The Morgan fingerprint density at radius 2 is 1.92 bits per heavy atom. The maximum Gasteiger partial charge on any atom is 0.00913 e. The second-order valence-electron chi connectivity index (χ2n) is 4.01. The summed E-state index contributed by atoms with van der Waals surface area (Å²) in [4.78, 5) is 0. The summed E-state index contributed by atoms with van der Waals surface area (Å²) >= 11 is 0. The average Bonchev–Trinajstić information content (AvgIpc) is 2.19. The molecule has 1 rings (SSSR count). The van der Waals surface area contributed by atoms with Crippen LogP contribution in [0.3, 0.4) is 0 Å². The molecule has 0 aromatic carbocycles. The number of hydrogen-bond acceptors (Lipinski definition) is 1. The Hall–Kier alpha value is -0.480. The molecule has 0 aromatic heterocycles. The van der Waals surface area contributed by atoms with Crippen LogP contribution in [0.4, 0.5) is 0 Å². The van der Waals surface area contributed by atoms with Gasteiger partial charge in [-0.1, -0.05) is 19.3 Å². The Labute approximate surface area is 82.1 Å². The summed E-state index contributed by atoms with van der Waals surface area (Å²) < 4.78 is 0. The predicted molar refractivity (Wildman–Crippen MR) is 57.2 cm³/mol. The topological polar surface area (TPSA) is 26.0 Å². The molecule has 0 bridgehead atoms. The van der Waals surface area contributed by atoms with E-state index in [2.05, 4.69) is 11.8 Å². The molecule has 0 aromatic rings. The Kier molecular flexibility index (Phi) is 4.93. The maximum absolute atomic E-state index is 5.76. The van der Waals surface area contributed by atoms with Gasteiger partial charge in [0.05, 0.1) is 0 Å². The minimum atomic E-state index is 0.785. The van der Waals surface area contributed by atoms with Gasteiger partial charge in [-0.3, -0.25) is 0 Å². The molecule has 1 saturated carbocycles. The lowest BCUT2D eigenvalue weighted by molar-refractivity contribution is 0.232. The molecule has 0 heterocycles. The van der Waals surface area contributed by atoms with E-state index in [1.165, 1.54) is 32.1 Å². The van der Waals surface area contributed by atoms with E-state index < -0.39 is 0 Å². The Bertz CT molecular complexity index is 187. The van der Waals surface area contributed by atoms with Crippen molar-refractivity contribution in [2.75, 3.05) is 6.54 Å². The van der Waals surface area contributed by atoms with Crippen LogP contribution in [0.15, 0.2) is 0 Å². The monoisotopic (exact) mass is 179 g/mol. The third kappa shape index (κ3) is 3.40. The summed E-state index contributed by atoms with van der Waals surface area (Å²) in [5.74, 6) is 7.75. The van der Waals surface area contributed by atoms with Crippen LogP contribution in [0.5, 0.6) is 0 Å². The molecule has 0 amide bonds. The van der Waals surface area contributed by atoms with Gasteiger partial charge < -0.3 is 5.73 Å². The van der Waals surface area contributed by atoms with E-state index in [0.29, 0.717) is 0 Å². The first-order chi connectivity index (χ1) is 6.38. The van der Waals surface area contributed by atoms with Crippen molar-refractivity contribution in [1.82, 2.24) is 0 Å². The van der Waals surface area contributed by atoms with E-state index >= 15 is 0 Å². The summed E-state index contributed by atoms with van der Waals surface area (Å²) in [6, 6.07) is 0. The Morgan fingerprint density at radius 1 is 1.23 bits per heavy atom. The molecule has 0 aliphatic heterocycles. The van der Waals surface area contributed by atoms with Gasteiger partial charge in [-0.15, -0.1) is 11.8 Å². The highest BCUT2D eigenvalue weighted by molar-refractivity contribution is 4.95. The van der Waals surface area contributed by atoms with Crippen LogP contribution in [-0.2, 0) is 0 Å². The van der Waals surface area contributed by atoms with Crippen molar-refractivity contribution in [3.05, 3.63) is 0 Å². The lowest BCUT2D eigenvalue weighted by Gasteiger charge is -2.30. The molecule has 0 saturated heterocycles. The fraction of sp³-hybridized carbons (Fsp3) is 0.833. The van der Waals surface area contributed by atoms with Crippen molar-refractivity contribution in [3.8, 4) is 11.8 Å². The van der Waals surface area contributed by atoms with Gasteiger partial charge in [0.15, 0.2) is 0 Å². The summed E-state index contributed by atoms with van der Waals surface area (Å²) in [6.07, 6.45) is 7.85. The first-order valence-corrected chi connectivity index (χ1v) is 5.48. The zero-order valence-corrected chi connectivity index (χ0v) is 8.68. The first-order valence-electron chi connectivity index (χ1n) is 5.48. The average molecular weight is 179 g/mol. The Balaban J connectivity index is 2.30. The Morgan fingerprint density at radius 3 is 2.54 bits per heavy atom. The second-order valence-corrected chi connectivity index (χ2v) is 4.01. The van der Waals surface area contributed by atoms with Crippen LogP contribution in [0.1, 0.15) is 45.4 Å². The highest BCUT2D eigenvalue weighted by Crippen LogP contribution is 2.32. The molecule has 1 heteroatoms. The predicted octanol–water partition coefficient (Wildman–Crippen LogP) is 2.56. The van der Waals surface area contributed by atoms with Gasteiger partial charge in [0.25, 0.3) is 0 Å². The van der Waals surface area contributed by atoms with Crippen LogP contribution < -0.4 is 5.73 Å². The number of rotatable bonds is 3. The molecule has 1 nitrogen and oxygen atoms in total. The summed E-state index contributed by atoms with van der Waals surface area (Å²) in [5, 5.41) is 0. The van der Waals surface area contributed by atoms with Crippen LogP contribution >= 0.6 is 0 Å². The molecule has 2 unspecified atom stereocenters. The van der Waals surface area contributed by atoms with Crippen molar-refractivity contribution in [2.45, 2.75) is 45.4 Å². The highest BCUT2D eigenvalue weighted by Gasteiger charge is 2.22. The molecule has 2 atom stereocenters. The lowest BCUT2D eigenvalue weighted by atomic mass is 9.77. The van der Waals surface area contributed by atoms with Crippen LogP contribution in [0, 0.1) is 23.7 Å². The SMILES string of the molecule is CC#CCCC1CCCCC1CN. The second kappa shape index (κ2) is 6.05. The number of hydrogen-bond donors (Lipinski definition) is 1. The van der Waals surface area contributed by atoms with E-state index in [0.717, 1.165) is 24.8 Å². The summed E-state index contributed by atoms with van der Waals surface area (Å²) in [5.41, 5.74) is 5.76. The molecule has 13 heavy (non-hydrogen) atoms. The molecular formula is C12H21N. The summed E-state index contributed by atoms with van der Waals surface area (Å²) in [7, 11) is 0. The largest absolute Gasteiger partial charge is 0.330 e. The highest BCUT2D eigenvalue weighted by atomic mass is 14.6. The lowest BCUT2D eigenvalue weighted by Crippen LogP contribution is -2.26. The smallest absolute Gasteiger partial charge is 0.00913 e.